The van der Waals surface area contributed by atoms with Crippen LogP contribution in [0, 0.1) is 0 Å². The summed E-state index contributed by atoms with van der Waals surface area (Å²) in [5.74, 6) is -0.0341. The lowest BCUT2D eigenvalue weighted by atomic mass is 9.84. The highest BCUT2D eigenvalue weighted by Crippen LogP contribution is 2.44. The van der Waals surface area contributed by atoms with Crippen molar-refractivity contribution in [3.8, 4) is 5.88 Å². The van der Waals surface area contributed by atoms with Crippen molar-refractivity contribution in [3.05, 3.63) is 42.1 Å². The van der Waals surface area contributed by atoms with Crippen LogP contribution < -0.4 is 15.8 Å². The summed E-state index contributed by atoms with van der Waals surface area (Å²) in [6, 6.07) is 1.87. The van der Waals surface area contributed by atoms with Crippen LogP contribution in [0.1, 0.15) is 43.2 Å². The molecule has 3 N–H and O–H groups in total. The van der Waals surface area contributed by atoms with E-state index >= 15 is 0 Å². The number of anilines is 1. The number of carbonyl (C=O) groups excluding carboxylic acids is 1. The maximum Gasteiger partial charge on any atom is 0.275 e. The number of pyridine rings is 1. The Labute approximate surface area is 162 Å². The van der Waals surface area contributed by atoms with Gasteiger partial charge in [0.25, 0.3) is 5.91 Å². The van der Waals surface area contributed by atoms with Gasteiger partial charge in [-0.2, -0.15) is 0 Å². The van der Waals surface area contributed by atoms with Crippen LogP contribution in [0.3, 0.4) is 0 Å². The largest absolute Gasteiger partial charge is 0.480 e. The first kappa shape index (κ1) is 19.1. The van der Waals surface area contributed by atoms with E-state index in [-0.39, 0.29) is 16.3 Å². The molecule has 1 aliphatic heterocycles. The average molecular weight is 386 g/mol. The number of amidine groups is 1. The SMILES string of the molecule is COc1cnc(C(=O)Nc2cncc([C@]3(C)CC(C)(C)SC(N)=N3)c2)cn1. The molecule has 0 spiro atoms. The van der Waals surface area contributed by atoms with E-state index in [1.165, 1.54) is 19.5 Å². The first-order valence-electron chi connectivity index (χ1n) is 8.38. The van der Waals surface area contributed by atoms with Gasteiger partial charge in [0.1, 0.15) is 5.69 Å². The summed E-state index contributed by atoms with van der Waals surface area (Å²) < 4.78 is 4.90. The molecule has 27 heavy (non-hydrogen) atoms. The van der Waals surface area contributed by atoms with E-state index in [4.69, 9.17) is 10.5 Å². The zero-order valence-corrected chi connectivity index (χ0v) is 16.5. The van der Waals surface area contributed by atoms with Crippen molar-refractivity contribution in [1.29, 1.82) is 0 Å². The van der Waals surface area contributed by atoms with Crippen LogP contribution in [0.5, 0.6) is 5.88 Å². The molecule has 2 aromatic heterocycles. The number of nitrogens with two attached hydrogens (primary N) is 1. The molecular formula is C18H22N6O2S. The summed E-state index contributed by atoms with van der Waals surface area (Å²) in [6.45, 7) is 6.30. The van der Waals surface area contributed by atoms with Gasteiger partial charge in [0.2, 0.25) is 5.88 Å². The van der Waals surface area contributed by atoms with Crippen LogP contribution in [0.25, 0.3) is 0 Å². The lowest BCUT2D eigenvalue weighted by Gasteiger charge is -2.39. The standard InChI is InChI=1S/C18H22N6O2S/c1-17(2)10-18(3,24-16(19)27-17)11-5-12(7-20-6-11)23-15(25)13-8-22-14(26-4)9-21-13/h5-9H,10H2,1-4H3,(H2,19,24)(H,23,25)/t18-/m0/s1. The second-order valence-corrected chi connectivity index (χ2v) is 8.85. The molecule has 0 saturated carbocycles. The summed E-state index contributed by atoms with van der Waals surface area (Å²) in [4.78, 5) is 29.3. The van der Waals surface area contributed by atoms with Crippen molar-refractivity contribution in [2.24, 2.45) is 10.7 Å². The van der Waals surface area contributed by atoms with Crippen LogP contribution in [0.4, 0.5) is 5.69 Å². The fraction of sp³-hybridized carbons (Fsp3) is 0.389. The molecule has 1 atom stereocenters. The highest BCUT2D eigenvalue weighted by molar-refractivity contribution is 8.15. The normalized spacial score (nSPS) is 21.3. The van der Waals surface area contributed by atoms with Crippen LogP contribution in [-0.2, 0) is 5.54 Å². The summed E-state index contributed by atoms with van der Waals surface area (Å²) >= 11 is 1.57. The van der Waals surface area contributed by atoms with E-state index in [1.807, 2.05) is 13.0 Å². The Morgan fingerprint density at radius 1 is 1.22 bits per heavy atom. The number of ether oxygens (including phenoxy) is 1. The fourth-order valence-corrected chi connectivity index (χ4v) is 4.32. The summed E-state index contributed by atoms with van der Waals surface area (Å²) in [5, 5.41) is 3.35. The molecule has 1 amide bonds. The highest BCUT2D eigenvalue weighted by atomic mass is 32.2. The molecule has 1 aliphatic rings. The van der Waals surface area contributed by atoms with Crippen molar-refractivity contribution in [3.63, 3.8) is 0 Å². The van der Waals surface area contributed by atoms with Gasteiger partial charge in [-0.25, -0.2) is 9.97 Å². The number of amides is 1. The van der Waals surface area contributed by atoms with Crippen LogP contribution in [-0.4, -0.2) is 37.9 Å². The van der Waals surface area contributed by atoms with Gasteiger partial charge in [-0.3, -0.25) is 14.8 Å². The third-order valence-corrected chi connectivity index (χ3v) is 5.19. The predicted octanol–water partition coefficient (Wildman–Crippen LogP) is 2.58. The van der Waals surface area contributed by atoms with Crippen LogP contribution >= 0.6 is 11.8 Å². The Balaban J connectivity index is 1.83. The van der Waals surface area contributed by atoms with Gasteiger partial charge < -0.3 is 15.8 Å². The molecule has 0 bridgehead atoms. The molecule has 0 radical (unpaired) electrons. The Bertz CT molecular complexity index is 884. The molecule has 9 heteroatoms. The van der Waals surface area contributed by atoms with E-state index in [0.717, 1.165) is 12.0 Å². The smallest absolute Gasteiger partial charge is 0.275 e. The van der Waals surface area contributed by atoms with E-state index in [2.05, 4.69) is 39.1 Å². The summed E-state index contributed by atoms with van der Waals surface area (Å²) in [6.07, 6.45) is 6.89. The number of nitrogens with zero attached hydrogens (tertiary/aromatic N) is 4. The number of rotatable bonds is 4. The maximum absolute atomic E-state index is 12.4. The molecule has 0 fully saturated rings. The van der Waals surface area contributed by atoms with Crippen molar-refractivity contribution < 1.29 is 9.53 Å². The monoisotopic (exact) mass is 386 g/mol. The zero-order valence-electron chi connectivity index (χ0n) is 15.7. The van der Waals surface area contributed by atoms with Crippen LogP contribution in [0.2, 0.25) is 0 Å². The van der Waals surface area contributed by atoms with Gasteiger partial charge in [-0.05, 0) is 25.0 Å². The van der Waals surface area contributed by atoms with E-state index in [0.29, 0.717) is 16.7 Å². The van der Waals surface area contributed by atoms with E-state index in [1.54, 1.807) is 24.2 Å². The summed E-state index contributed by atoms with van der Waals surface area (Å²) in [5.41, 5.74) is 7.16. The topological polar surface area (TPSA) is 115 Å². The predicted molar refractivity (Wildman–Crippen MR) is 106 cm³/mol. The molecule has 0 unspecified atom stereocenters. The molecule has 3 rings (SSSR count). The van der Waals surface area contributed by atoms with Gasteiger partial charge in [0.15, 0.2) is 5.17 Å². The first-order chi connectivity index (χ1) is 12.7. The van der Waals surface area contributed by atoms with Crippen molar-refractivity contribution in [2.75, 3.05) is 12.4 Å². The number of hydrogen-bond acceptors (Lipinski definition) is 8. The van der Waals surface area contributed by atoms with E-state index < -0.39 is 5.54 Å². The number of thioether (sulfide) groups is 1. The lowest BCUT2D eigenvalue weighted by Crippen LogP contribution is -2.38. The van der Waals surface area contributed by atoms with Gasteiger partial charge in [-0.1, -0.05) is 25.6 Å². The number of carbonyl (C=O) groups is 1. The molecular weight excluding hydrogens is 364 g/mol. The summed E-state index contributed by atoms with van der Waals surface area (Å²) in [7, 11) is 1.49. The molecule has 0 saturated heterocycles. The lowest BCUT2D eigenvalue weighted by molar-refractivity contribution is 0.102. The molecule has 3 heterocycles. The Morgan fingerprint density at radius 3 is 2.63 bits per heavy atom. The maximum atomic E-state index is 12.4. The quantitative estimate of drug-likeness (QED) is 0.829. The minimum Gasteiger partial charge on any atom is -0.480 e. The number of methoxy groups -OCH3 is 1. The Hall–Kier alpha value is -2.68. The molecule has 142 valence electrons. The third kappa shape index (κ3) is 4.36. The van der Waals surface area contributed by atoms with E-state index in [9.17, 15) is 4.79 Å². The zero-order chi connectivity index (χ0) is 19.7. The Kier molecular flexibility index (Phi) is 5.05. The second-order valence-electron chi connectivity index (χ2n) is 7.12. The fourth-order valence-electron chi connectivity index (χ4n) is 3.16. The van der Waals surface area contributed by atoms with Gasteiger partial charge in [0, 0.05) is 10.9 Å². The Morgan fingerprint density at radius 2 is 2.00 bits per heavy atom. The molecule has 8 nitrogen and oxygen atoms in total. The highest BCUT2D eigenvalue weighted by Gasteiger charge is 2.39. The minimum absolute atomic E-state index is 0.0431. The van der Waals surface area contributed by atoms with Crippen LogP contribution in [0.15, 0.2) is 35.8 Å². The van der Waals surface area contributed by atoms with Gasteiger partial charge in [0.05, 0.1) is 36.9 Å². The first-order valence-corrected chi connectivity index (χ1v) is 9.20. The molecule has 0 aliphatic carbocycles. The van der Waals surface area contributed by atoms with Crippen molar-refractivity contribution >= 4 is 28.5 Å². The average Bonchev–Trinajstić information content (AvgIpc) is 2.60. The third-order valence-electron chi connectivity index (χ3n) is 4.20. The number of aliphatic imine (C=N–C) groups is 1. The second kappa shape index (κ2) is 7.15. The number of nitrogens with one attached hydrogen (secondary N) is 1. The molecule has 0 aromatic carbocycles. The van der Waals surface area contributed by atoms with Crippen molar-refractivity contribution in [2.45, 2.75) is 37.5 Å². The van der Waals surface area contributed by atoms with Gasteiger partial charge in [-0.15, -0.1) is 0 Å². The van der Waals surface area contributed by atoms with Crippen molar-refractivity contribution in [1.82, 2.24) is 15.0 Å². The minimum atomic E-state index is -0.507. The number of aromatic nitrogens is 3. The number of hydrogen-bond donors (Lipinski definition) is 2. The van der Waals surface area contributed by atoms with Gasteiger partial charge >= 0.3 is 0 Å². The molecule has 2 aromatic rings.